The van der Waals surface area contributed by atoms with E-state index in [0.29, 0.717) is 0 Å². The summed E-state index contributed by atoms with van der Waals surface area (Å²) in [5.41, 5.74) is -1.03. The number of hydrogen-bond acceptors (Lipinski definition) is 3. The van der Waals surface area contributed by atoms with Gasteiger partial charge in [-0.25, -0.2) is 0 Å². The van der Waals surface area contributed by atoms with Gasteiger partial charge in [0.15, 0.2) is 0 Å². The lowest BCUT2D eigenvalue weighted by Gasteiger charge is -2.23. The molecule has 0 aliphatic carbocycles. The highest BCUT2D eigenvalue weighted by molar-refractivity contribution is 5.84. The zero-order valence-corrected chi connectivity index (χ0v) is 10.7. The van der Waals surface area contributed by atoms with E-state index in [1.165, 1.54) is 0 Å². The largest absolute Gasteiger partial charge is 0.481 e. The van der Waals surface area contributed by atoms with Crippen molar-refractivity contribution in [3.8, 4) is 0 Å². The van der Waals surface area contributed by atoms with E-state index in [1.807, 2.05) is 6.92 Å². The average Bonchev–Trinajstić information content (AvgIpc) is 2.68. The summed E-state index contributed by atoms with van der Waals surface area (Å²) in [6.07, 6.45) is 2.01. The third-order valence-corrected chi connectivity index (χ3v) is 3.09. The number of carbonyl (C=O) groups excluding carboxylic acids is 1. The lowest BCUT2D eigenvalue weighted by Crippen LogP contribution is -2.43. The van der Waals surface area contributed by atoms with E-state index in [1.54, 1.807) is 13.8 Å². The first-order valence-corrected chi connectivity index (χ1v) is 5.97. The molecule has 0 radical (unpaired) electrons. The van der Waals surface area contributed by atoms with Gasteiger partial charge in [-0.3, -0.25) is 9.59 Å². The minimum atomic E-state index is -1.03. The van der Waals surface area contributed by atoms with E-state index in [-0.39, 0.29) is 24.5 Å². The fraction of sp³-hybridized carbons (Fsp3) is 0.833. The van der Waals surface area contributed by atoms with Gasteiger partial charge in [-0.2, -0.15) is 0 Å². The van der Waals surface area contributed by atoms with Crippen LogP contribution >= 0.6 is 0 Å². The first-order valence-electron chi connectivity index (χ1n) is 5.97. The van der Waals surface area contributed by atoms with Crippen molar-refractivity contribution >= 4 is 11.9 Å². The summed E-state index contributed by atoms with van der Waals surface area (Å²) < 4.78 is 5.46. The highest BCUT2D eigenvalue weighted by Crippen LogP contribution is 2.21. The number of nitrogens with one attached hydrogen (secondary N) is 1. The van der Waals surface area contributed by atoms with Crippen molar-refractivity contribution in [1.82, 2.24) is 5.32 Å². The quantitative estimate of drug-likeness (QED) is 0.760. The van der Waals surface area contributed by atoms with Crippen LogP contribution in [0.3, 0.4) is 0 Å². The zero-order chi connectivity index (χ0) is 13.1. The number of hydrogen-bond donors (Lipinski definition) is 2. The van der Waals surface area contributed by atoms with Crippen LogP contribution in [0.2, 0.25) is 0 Å². The number of aliphatic carboxylic acids is 1. The van der Waals surface area contributed by atoms with Crippen molar-refractivity contribution in [2.75, 3.05) is 6.61 Å². The molecule has 2 unspecified atom stereocenters. The number of ether oxygens (including phenoxy) is 1. The number of rotatable bonds is 5. The Bertz CT molecular complexity index is 295. The standard InChI is InChI=1S/C12H21NO4/c1-8(9-5-4-6-17-9)13-10(14)7-12(2,3)11(15)16/h8-9H,4-7H2,1-3H3,(H,13,14)(H,15,16). The topological polar surface area (TPSA) is 75.6 Å². The zero-order valence-electron chi connectivity index (χ0n) is 10.7. The molecule has 1 aliphatic rings. The molecule has 0 spiro atoms. The molecule has 2 N–H and O–H groups in total. The minimum Gasteiger partial charge on any atom is -0.481 e. The molecule has 0 aromatic rings. The maximum absolute atomic E-state index is 11.7. The summed E-state index contributed by atoms with van der Waals surface area (Å²) in [5, 5.41) is 11.7. The second-order valence-electron chi connectivity index (χ2n) is 5.27. The van der Waals surface area contributed by atoms with Crippen LogP contribution in [0.25, 0.3) is 0 Å². The van der Waals surface area contributed by atoms with Crippen LogP contribution < -0.4 is 5.32 Å². The molecular formula is C12H21NO4. The van der Waals surface area contributed by atoms with Crippen LogP contribution in [0, 0.1) is 5.41 Å². The molecule has 17 heavy (non-hydrogen) atoms. The van der Waals surface area contributed by atoms with Gasteiger partial charge in [0.05, 0.1) is 17.6 Å². The first-order chi connectivity index (χ1) is 7.83. The summed E-state index contributed by atoms with van der Waals surface area (Å²) >= 11 is 0. The van der Waals surface area contributed by atoms with Crippen LogP contribution in [0.15, 0.2) is 0 Å². The number of carbonyl (C=O) groups is 2. The van der Waals surface area contributed by atoms with Crippen LogP contribution in [-0.4, -0.2) is 35.7 Å². The predicted octanol–water partition coefficient (Wildman–Crippen LogP) is 1.17. The highest BCUT2D eigenvalue weighted by atomic mass is 16.5. The highest BCUT2D eigenvalue weighted by Gasteiger charge is 2.31. The molecule has 1 heterocycles. The molecule has 98 valence electrons. The fourth-order valence-electron chi connectivity index (χ4n) is 1.87. The first kappa shape index (κ1) is 14.0. The number of carboxylic acid groups (broad SMARTS) is 1. The van der Waals surface area contributed by atoms with Gasteiger partial charge in [-0.15, -0.1) is 0 Å². The van der Waals surface area contributed by atoms with E-state index in [0.717, 1.165) is 19.4 Å². The Labute approximate surface area is 102 Å². The molecule has 1 fully saturated rings. The average molecular weight is 243 g/mol. The van der Waals surface area contributed by atoms with Crippen LogP contribution in [0.1, 0.15) is 40.0 Å². The molecule has 5 heteroatoms. The Hall–Kier alpha value is -1.10. The summed E-state index contributed by atoms with van der Waals surface area (Å²) in [6.45, 7) is 5.73. The molecule has 0 aromatic carbocycles. The molecule has 5 nitrogen and oxygen atoms in total. The van der Waals surface area contributed by atoms with Gasteiger partial charge in [-0.1, -0.05) is 0 Å². The molecular weight excluding hydrogens is 222 g/mol. The maximum Gasteiger partial charge on any atom is 0.309 e. The molecule has 1 aliphatic heterocycles. The molecule has 1 amide bonds. The molecule has 1 saturated heterocycles. The fourth-order valence-corrected chi connectivity index (χ4v) is 1.87. The van der Waals surface area contributed by atoms with Gasteiger partial charge in [0.25, 0.3) is 0 Å². The van der Waals surface area contributed by atoms with Crippen LogP contribution in [-0.2, 0) is 14.3 Å². The molecule has 0 bridgehead atoms. The lowest BCUT2D eigenvalue weighted by molar-refractivity contribution is -0.149. The van der Waals surface area contributed by atoms with Crippen molar-refractivity contribution in [3.05, 3.63) is 0 Å². The third-order valence-electron chi connectivity index (χ3n) is 3.09. The third kappa shape index (κ3) is 4.00. The van der Waals surface area contributed by atoms with Gasteiger partial charge >= 0.3 is 5.97 Å². The molecule has 0 aromatic heterocycles. The summed E-state index contributed by atoms with van der Waals surface area (Å²) in [7, 11) is 0. The second-order valence-corrected chi connectivity index (χ2v) is 5.27. The van der Waals surface area contributed by atoms with Crippen molar-refractivity contribution in [3.63, 3.8) is 0 Å². The van der Waals surface area contributed by atoms with E-state index >= 15 is 0 Å². The second kappa shape index (κ2) is 5.49. The van der Waals surface area contributed by atoms with Crippen LogP contribution in [0.4, 0.5) is 0 Å². The summed E-state index contributed by atoms with van der Waals surface area (Å²) in [6, 6.07) is -0.0606. The van der Waals surface area contributed by atoms with E-state index < -0.39 is 11.4 Å². The van der Waals surface area contributed by atoms with Crippen molar-refractivity contribution < 1.29 is 19.4 Å². The van der Waals surface area contributed by atoms with Crippen LogP contribution in [0.5, 0.6) is 0 Å². The Balaban J connectivity index is 2.41. The maximum atomic E-state index is 11.7. The Morgan fingerprint density at radius 2 is 2.18 bits per heavy atom. The van der Waals surface area contributed by atoms with E-state index in [9.17, 15) is 9.59 Å². The molecule has 2 atom stereocenters. The Morgan fingerprint density at radius 1 is 1.53 bits per heavy atom. The molecule has 1 rings (SSSR count). The van der Waals surface area contributed by atoms with Gasteiger partial charge in [0.1, 0.15) is 0 Å². The smallest absolute Gasteiger partial charge is 0.309 e. The van der Waals surface area contributed by atoms with Crippen molar-refractivity contribution in [2.45, 2.75) is 52.2 Å². The van der Waals surface area contributed by atoms with Crippen molar-refractivity contribution in [2.24, 2.45) is 5.41 Å². The van der Waals surface area contributed by atoms with E-state index in [4.69, 9.17) is 9.84 Å². The van der Waals surface area contributed by atoms with Crippen molar-refractivity contribution in [1.29, 1.82) is 0 Å². The number of carboxylic acids is 1. The summed E-state index contributed by atoms with van der Waals surface area (Å²) in [4.78, 5) is 22.6. The van der Waals surface area contributed by atoms with E-state index in [2.05, 4.69) is 5.32 Å². The normalized spacial score (nSPS) is 22.2. The SMILES string of the molecule is CC(NC(=O)CC(C)(C)C(=O)O)C1CCCO1. The monoisotopic (exact) mass is 243 g/mol. The van der Waals surface area contributed by atoms with Gasteiger partial charge < -0.3 is 15.2 Å². The Morgan fingerprint density at radius 3 is 2.65 bits per heavy atom. The summed E-state index contributed by atoms with van der Waals surface area (Å²) in [5.74, 6) is -1.20. The van der Waals surface area contributed by atoms with Gasteiger partial charge in [0, 0.05) is 13.0 Å². The predicted molar refractivity (Wildman–Crippen MR) is 62.6 cm³/mol. The van der Waals surface area contributed by atoms with Gasteiger partial charge in [0.2, 0.25) is 5.91 Å². The minimum absolute atomic E-state index is 0.0145. The Kier molecular flexibility index (Phi) is 4.51. The van der Waals surface area contributed by atoms with Gasteiger partial charge in [-0.05, 0) is 33.6 Å². The lowest BCUT2D eigenvalue weighted by atomic mass is 9.89. The molecule has 0 saturated carbocycles. The number of amides is 1.